The predicted molar refractivity (Wildman–Crippen MR) is 127 cm³/mol. The van der Waals surface area contributed by atoms with Crippen molar-refractivity contribution in [2.45, 2.75) is 35.2 Å². The van der Waals surface area contributed by atoms with Crippen molar-refractivity contribution in [2.24, 2.45) is 11.1 Å². The Kier molecular flexibility index (Phi) is 5.27. The molecule has 1 unspecified atom stereocenters. The lowest BCUT2D eigenvalue weighted by Gasteiger charge is -2.42. The molecular formula is C22H24ClN7OS. The van der Waals surface area contributed by atoms with Gasteiger partial charge in [0.25, 0.3) is 0 Å². The van der Waals surface area contributed by atoms with E-state index in [1.807, 2.05) is 12.1 Å². The molecule has 7 N–H and O–H groups in total. The van der Waals surface area contributed by atoms with E-state index in [0.717, 1.165) is 54.2 Å². The van der Waals surface area contributed by atoms with E-state index in [2.05, 4.69) is 19.9 Å². The van der Waals surface area contributed by atoms with Crippen LogP contribution < -0.4 is 22.1 Å². The fourth-order valence-corrected chi connectivity index (χ4v) is 5.79. The number of hydrogen-bond acceptors (Lipinski definition) is 9. The van der Waals surface area contributed by atoms with E-state index in [1.165, 1.54) is 11.8 Å². The van der Waals surface area contributed by atoms with Crippen LogP contribution in [0.2, 0.25) is 5.02 Å². The molecule has 1 aliphatic heterocycles. The molecule has 2 aromatic heterocycles. The topological polar surface area (TPSA) is 140 Å². The van der Waals surface area contributed by atoms with Crippen molar-refractivity contribution in [1.82, 2.24) is 15.0 Å². The van der Waals surface area contributed by atoms with Crippen molar-refractivity contribution >= 4 is 40.8 Å². The molecule has 0 radical (unpaired) electrons. The van der Waals surface area contributed by atoms with Crippen LogP contribution in [0.3, 0.4) is 0 Å². The number of pyridine rings is 1. The molecule has 0 bridgehead atoms. The molecule has 8 nitrogen and oxygen atoms in total. The van der Waals surface area contributed by atoms with Crippen molar-refractivity contribution in [3.63, 3.8) is 0 Å². The number of anilines is 3. The maximum Gasteiger partial charge on any atom is 0.158 e. The monoisotopic (exact) mass is 469 g/mol. The second-order valence-electron chi connectivity index (χ2n) is 8.38. The zero-order valence-corrected chi connectivity index (χ0v) is 18.9. The number of piperidine rings is 1. The Balaban J connectivity index is 1.30. The van der Waals surface area contributed by atoms with E-state index in [1.54, 1.807) is 24.5 Å². The van der Waals surface area contributed by atoms with Crippen LogP contribution in [0.5, 0.6) is 5.75 Å². The van der Waals surface area contributed by atoms with Crippen LogP contribution in [0.25, 0.3) is 0 Å². The van der Waals surface area contributed by atoms with Gasteiger partial charge in [-0.2, -0.15) is 0 Å². The van der Waals surface area contributed by atoms with E-state index < -0.39 is 0 Å². The minimum absolute atomic E-state index is 0.0372. The second-order valence-corrected chi connectivity index (χ2v) is 9.79. The molecule has 1 aliphatic carbocycles. The van der Waals surface area contributed by atoms with Crippen molar-refractivity contribution in [2.75, 3.05) is 29.5 Å². The van der Waals surface area contributed by atoms with Gasteiger partial charge in [-0.15, -0.1) is 0 Å². The first kappa shape index (κ1) is 21.1. The lowest BCUT2D eigenvalue weighted by Crippen LogP contribution is -2.44. The van der Waals surface area contributed by atoms with Gasteiger partial charge < -0.3 is 27.2 Å². The van der Waals surface area contributed by atoms with Crippen LogP contribution in [-0.2, 0) is 6.42 Å². The fraction of sp³-hybridized carbons (Fsp3) is 0.318. The van der Waals surface area contributed by atoms with E-state index in [9.17, 15) is 5.11 Å². The maximum atomic E-state index is 10.3. The summed E-state index contributed by atoms with van der Waals surface area (Å²) in [5.74, 6) is 1.70. The summed E-state index contributed by atoms with van der Waals surface area (Å²) in [6.07, 6.45) is 5.96. The van der Waals surface area contributed by atoms with Gasteiger partial charge in [0, 0.05) is 30.2 Å². The van der Waals surface area contributed by atoms with Crippen LogP contribution in [0.1, 0.15) is 30.0 Å². The minimum atomic E-state index is -0.0702. The molecule has 1 spiro atoms. The number of phenols is 1. The molecular weight excluding hydrogens is 446 g/mol. The third-order valence-corrected chi connectivity index (χ3v) is 8.21. The van der Waals surface area contributed by atoms with Gasteiger partial charge in [-0.25, -0.2) is 15.0 Å². The number of nitrogens with two attached hydrogens (primary N) is 3. The lowest BCUT2D eigenvalue weighted by molar-refractivity contribution is 0.186. The van der Waals surface area contributed by atoms with Gasteiger partial charge in [0.15, 0.2) is 5.82 Å². The lowest BCUT2D eigenvalue weighted by atomic mass is 9.73. The highest BCUT2D eigenvalue weighted by Crippen LogP contribution is 2.53. The highest BCUT2D eigenvalue weighted by atomic mass is 35.5. The number of benzene rings is 1. The zero-order chi connectivity index (χ0) is 22.5. The van der Waals surface area contributed by atoms with Crippen LogP contribution in [0.15, 0.2) is 46.6 Å². The smallest absolute Gasteiger partial charge is 0.158 e. The number of nitrogen functional groups attached to an aromatic ring is 2. The Morgan fingerprint density at radius 2 is 1.91 bits per heavy atom. The number of rotatable bonds is 3. The summed E-state index contributed by atoms with van der Waals surface area (Å²) in [6, 6.07) is 7.34. The summed E-state index contributed by atoms with van der Waals surface area (Å²) in [5.41, 5.74) is 20.7. The largest absolute Gasteiger partial charge is 0.508 e. The summed E-state index contributed by atoms with van der Waals surface area (Å²) in [6.45, 7) is 1.60. The first-order valence-electron chi connectivity index (χ1n) is 10.4. The zero-order valence-electron chi connectivity index (χ0n) is 17.3. The Morgan fingerprint density at radius 1 is 1.12 bits per heavy atom. The molecule has 5 rings (SSSR count). The minimum Gasteiger partial charge on any atom is -0.508 e. The third kappa shape index (κ3) is 3.50. The third-order valence-electron chi connectivity index (χ3n) is 6.63. The van der Waals surface area contributed by atoms with Crippen molar-refractivity contribution < 1.29 is 5.11 Å². The fourth-order valence-electron chi connectivity index (χ4n) is 4.77. The van der Waals surface area contributed by atoms with Crippen LogP contribution in [0, 0.1) is 5.41 Å². The molecule has 166 valence electrons. The molecule has 1 aromatic carbocycles. The summed E-state index contributed by atoms with van der Waals surface area (Å²) in [7, 11) is 0. The number of nitrogens with zero attached hydrogens (tertiary/aromatic N) is 4. The Labute approximate surface area is 195 Å². The molecule has 1 saturated heterocycles. The van der Waals surface area contributed by atoms with E-state index >= 15 is 0 Å². The molecule has 0 amide bonds. The first-order chi connectivity index (χ1) is 15.4. The van der Waals surface area contributed by atoms with Crippen molar-refractivity contribution in [3.05, 3.63) is 52.8 Å². The molecule has 10 heteroatoms. The van der Waals surface area contributed by atoms with Gasteiger partial charge in [0.2, 0.25) is 0 Å². The standard InChI is InChI=1S/C22H24ClN7OS/c23-17-15(4-7-27-19(17)25)32-21-20(26)29-16(11-28-21)30-8-5-22(6-9-30)10-13-12(18(22)24)2-1-3-14(13)31/h1-4,7,11,18,31H,5-6,8-10,24H2,(H2,25,27)(H2,26,29). The molecule has 3 aromatic rings. The quantitative estimate of drug-likeness (QED) is 0.454. The van der Waals surface area contributed by atoms with E-state index in [4.69, 9.17) is 28.8 Å². The molecule has 3 heterocycles. The van der Waals surface area contributed by atoms with Gasteiger partial charge in [-0.05, 0) is 47.9 Å². The summed E-state index contributed by atoms with van der Waals surface area (Å²) in [4.78, 5) is 16.0. The number of aromatic hydroxyl groups is 1. The van der Waals surface area contributed by atoms with Gasteiger partial charge in [-0.1, -0.05) is 35.5 Å². The summed E-state index contributed by atoms with van der Waals surface area (Å²) >= 11 is 7.54. The van der Waals surface area contributed by atoms with Crippen LogP contribution >= 0.6 is 23.4 Å². The summed E-state index contributed by atoms with van der Waals surface area (Å²) in [5, 5.41) is 11.2. The summed E-state index contributed by atoms with van der Waals surface area (Å²) < 4.78 is 0. The van der Waals surface area contributed by atoms with Crippen LogP contribution in [-0.4, -0.2) is 33.1 Å². The number of aromatic nitrogens is 3. The highest BCUT2D eigenvalue weighted by Gasteiger charge is 2.47. The first-order valence-corrected chi connectivity index (χ1v) is 11.6. The average Bonchev–Trinajstić information content (AvgIpc) is 3.06. The molecule has 1 fully saturated rings. The normalized spacial score (nSPS) is 19.3. The number of halogens is 1. The SMILES string of the molecule is Nc1nc(N2CCC3(CC2)Cc2c(O)cccc2C3N)cnc1Sc1ccnc(N)c1Cl. The molecule has 2 aliphatic rings. The maximum absolute atomic E-state index is 10.3. The van der Waals surface area contributed by atoms with E-state index in [0.29, 0.717) is 21.6 Å². The molecule has 1 atom stereocenters. The second kappa shape index (κ2) is 7.99. The van der Waals surface area contributed by atoms with Crippen molar-refractivity contribution in [1.29, 1.82) is 0 Å². The Bertz CT molecular complexity index is 1180. The number of fused-ring (bicyclic) bond motifs is 1. The number of hydrogen-bond donors (Lipinski definition) is 4. The number of phenolic OH excluding ortho intramolecular Hbond substituents is 1. The van der Waals surface area contributed by atoms with Crippen LogP contribution in [0.4, 0.5) is 17.5 Å². The van der Waals surface area contributed by atoms with Gasteiger partial charge in [0.1, 0.15) is 22.4 Å². The average molecular weight is 470 g/mol. The Hall–Kier alpha value is -2.75. The molecule has 0 saturated carbocycles. The molecule has 32 heavy (non-hydrogen) atoms. The van der Waals surface area contributed by atoms with Gasteiger partial charge in [-0.3, -0.25) is 0 Å². The Morgan fingerprint density at radius 3 is 2.62 bits per heavy atom. The van der Waals surface area contributed by atoms with Gasteiger partial charge in [0.05, 0.1) is 11.2 Å². The van der Waals surface area contributed by atoms with Gasteiger partial charge >= 0.3 is 0 Å². The van der Waals surface area contributed by atoms with E-state index in [-0.39, 0.29) is 17.3 Å². The van der Waals surface area contributed by atoms with Crippen molar-refractivity contribution in [3.8, 4) is 5.75 Å². The predicted octanol–water partition coefficient (Wildman–Crippen LogP) is 3.39. The highest BCUT2D eigenvalue weighted by molar-refractivity contribution is 7.99.